The third-order valence-corrected chi connectivity index (χ3v) is 4.11. The Morgan fingerprint density at radius 1 is 1.00 bits per heavy atom. The summed E-state index contributed by atoms with van der Waals surface area (Å²) in [5.41, 5.74) is 2.14. The van der Waals surface area contributed by atoms with Crippen molar-refractivity contribution in [3.63, 3.8) is 0 Å². The normalized spacial score (nSPS) is 12.4. The molecule has 4 heteroatoms. The molecule has 0 saturated carbocycles. The summed E-state index contributed by atoms with van der Waals surface area (Å²) in [5, 5.41) is 3.43. The largest absolute Gasteiger partial charge is 0.314 e. The van der Waals surface area contributed by atoms with Gasteiger partial charge in [-0.3, -0.25) is 0 Å². The third-order valence-electron chi connectivity index (χ3n) is 3.37. The number of rotatable bonds is 6. The predicted molar refractivity (Wildman–Crippen MR) is 85.4 cm³/mol. The molecule has 2 aromatic carbocycles. The molecule has 2 rings (SSSR count). The van der Waals surface area contributed by atoms with Gasteiger partial charge in [0, 0.05) is 10.5 Å². The highest BCUT2D eigenvalue weighted by Gasteiger charge is 2.12. The fraction of sp³-hybridized carbons (Fsp3) is 0.294. The highest BCUT2D eigenvalue weighted by Crippen LogP contribution is 2.20. The molecule has 1 atom stereocenters. The minimum atomic E-state index is -0.246. The Morgan fingerprint density at radius 3 is 2.29 bits per heavy atom. The molecule has 1 unspecified atom stereocenters. The molecule has 1 nitrogen and oxygen atoms in total. The highest BCUT2D eigenvalue weighted by molar-refractivity contribution is 9.10. The Morgan fingerprint density at radius 2 is 1.67 bits per heavy atom. The summed E-state index contributed by atoms with van der Waals surface area (Å²) in [4.78, 5) is 0. The molecule has 21 heavy (non-hydrogen) atoms. The zero-order valence-electron chi connectivity index (χ0n) is 11.9. The van der Waals surface area contributed by atoms with Crippen LogP contribution in [0.5, 0.6) is 0 Å². The maximum atomic E-state index is 13.1. The van der Waals surface area contributed by atoms with Gasteiger partial charge in [-0.1, -0.05) is 41.1 Å². The third kappa shape index (κ3) is 4.90. The van der Waals surface area contributed by atoms with Crippen LogP contribution in [-0.4, -0.2) is 12.6 Å². The van der Waals surface area contributed by atoms with Crippen LogP contribution in [-0.2, 0) is 12.8 Å². The second-order valence-corrected chi connectivity index (χ2v) is 5.88. The summed E-state index contributed by atoms with van der Waals surface area (Å²) in [6.07, 6.45) is 1.59. The van der Waals surface area contributed by atoms with E-state index >= 15 is 0 Å². The molecule has 0 aliphatic rings. The Hall–Kier alpha value is -1.26. The zero-order valence-corrected chi connectivity index (χ0v) is 13.5. The molecule has 0 fully saturated rings. The molecule has 0 aromatic heterocycles. The second kappa shape index (κ2) is 7.66. The van der Waals surface area contributed by atoms with E-state index in [1.807, 2.05) is 0 Å². The van der Waals surface area contributed by atoms with Gasteiger partial charge in [0.1, 0.15) is 11.6 Å². The molecule has 0 aliphatic heterocycles. The van der Waals surface area contributed by atoms with E-state index in [0.717, 1.165) is 35.0 Å². The maximum absolute atomic E-state index is 13.1. The lowest BCUT2D eigenvalue weighted by Gasteiger charge is -2.19. The average Bonchev–Trinajstić information content (AvgIpc) is 2.44. The molecule has 1 N–H and O–H groups in total. The number of halogens is 3. The standard InChI is InChI=1S/C17H18BrF2N/c1-2-21-16(9-12-3-6-14(19)7-4-12)10-13-5-8-15(20)11-17(13)18/h3-8,11,16,21H,2,9-10H2,1H3. The van der Waals surface area contributed by atoms with Crippen molar-refractivity contribution < 1.29 is 8.78 Å². The van der Waals surface area contributed by atoms with Gasteiger partial charge in [0.05, 0.1) is 0 Å². The summed E-state index contributed by atoms with van der Waals surface area (Å²) < 4.78 is 26.9. The van der Waals surface area contributed by atoms with Crippen LogP contribution in [0.2, 0.25) is 0 Å². The molecule has 0 spiro atoms. The summed E-state index contributed by atoms with van der Waals surface area (Å²) in [5.74, 6) is -0.468. The number of likely N-dealkylation sites (N-methyl/N-ethyl adjacent to an activating group) is 1. The summed E-state index contributed by atoms with van der Waals surface area (Å²) >= 11 is 3.40. The van der Waals surface area contributed by atoms with Gasteiger partial charge in [-0.25, -0.2) is 8.78 Å². The van der Waals surface area contributed by atoms with E-state index in [1.54, 1.807) is 18.2 Å². The molecule has 2 aromatic rings. The van der Waals surface area contributed by atoms with Crippen molar-refractivity contribution in [1.29, 1.82) is 0 Å². The van der Waals surface area contributed by atoms with E-state index in [1.165, 1.54) is 24.3 Å². The Labute approximate surface area is 132 Å². The van der Waals surface area contributed by atoms with Crippen molar-refractivity contribution in [1.82, 2.24) is 5.32 Å². The monoisotopic (exact) mass is 353 g/mol. The topological polar surface area (TPSA) is 12.0 Å². The number of nitrogens with one attached hydrogen (secondary N) is 1. The lowest BCUT2D eigenvalue weighted by Crippen LogP contribution is -2.33. The van der Waals surface area contributed by atoms with Crippen molar-refractivity contribution in [2.45, 2.75) is 25.8 Å². The first-order valence-electron chi connectivity index (χ1n) is 7.00. The van der Waals surface area contributed by atoms with Crippen LogP contribution in [0.3, 0.4) is 0 Å². The van der Waals surface area contributed by atoms with Gasteiger partial charge in [0.25, 0.3) is 0 Å². The lowest BCUT2D eigenvalue weighted by atomic mass is 9.99. The molecular formula is C17H18BrF2N. The van der Waals surface area contributed by atoms with E-state index in [9.17, 15) is 8.78 Å². The molecular weight excluding hydrogens is 336 g/mol. The van der Waals surface area contributed by atoms with E-state index in [-0.39, 0.29) is 17.7 Å². The first-order valence-corrected chi connectivity index (χ1v) is 7.79. The van der Waals surface area contributed by atoms with Gasteiger partial charge in [-0.15, -0.1) is 0 Å². The summed E-state index contributed by atoms with van der Waals surface area (Å²) in [7, 11) is 0. The van der Waals surface area contributed by atoms with Crippen molar-refractivity contribution in [2.75, 3.05) is 6.54 Å². The minimum absolute atomic E-state index is 0.222. The van der Waals surface area contributed by atoms with Crippen LogP contribution in [0.25, 0.3) is 0 Å². The first kappa shape index (κ1) is 16.1. The highest BCUT2D eigenvalue weighted by atomic mass is 79.9. The van der Waals surface area contributed by atoms with E-state index in [2.05, 4.69) is 28.2 Å². The quantitative estimate of drug-likeness (QED) is 0.806. The van der Waals surface area contributed by atoms with Crippen LogP contribution in [0.1, 0.15) is 18.1 Å². The number of benzene rings is 2. The van der Waals surface area contributed by atoms with Crippen LogP contribution in [0.4, 0.5) is 8.78 Å². The van der Waals surface area contributed by atoms with E-state index in [4.69, 9.17) is 0 Å². The Balaban J connectivity index is 2.09. The van der Waals surface area contributed by atoms with Crippen molar-refractivity contribution >= 4 is 15.9 Å². The van der Waals surface area contributed by atoms with Crippen LogP contribution in [0.15, 0.2) is 46.9 Å². The fourth-order valence-electron chi connectivity index (χ4n) is 2.36. The Bertz CT molecular complexity index is 584. The van der Waals surface area contributed by atoms with Gasteiger partial charge in [0.15, 0.2) is 0 Å². The second-order valence-electron chi connectivity index (χ2n) is 5.03. The molecule has 0 heterocycles. The number of hydrogen-bond donors (Lipinski definition) is 1. The van der Waals surface area contributed by atoms with Gasteiger partial charge in [-0.2, -0.15) is 0 Å². The van der Waals surface area contributed by atoms with Crippen molar-refractivity contribution in [3.05, 3.63) is 69.7 Å². The molecule has 0 bridgehead atoms. The van der Waals surface area contributed by atoms with Gasteiger partial charge in [0.2, 0.25) is 0 Å². The maximum Gasteiger partial charge on any atom is 0.124 e. The molecule has 0 saturated heterocycles. The van der Waals surface area contributed by atoms with E-state index < -0.39 is 0 Å². The van der Waals surface area contributed by atoms with Crippen LogP contribution >= 0.6 is 15.9 Å². The van der Waals surface area contributed by atoms with Crippen LogP contribution in [0, 0.1) is 11.6 Å². The molecule has 0 radical (unpaired) electrons. The van der Waals surface area contributed by atoms with Gasteiger partial charge in [-0.05, 0) is 54.8 Å². The molecule has 0 aliphatic carbocycles. The predicted octanol–water partition coefficient (Wildman–Crippen LogP) is 4.49. The number of hydrogen-bond acceptors (Lipinski definition) is 1. The molecule has 0 amide bonds. The van der Waals surface area contributed by atoms with E-state index in [0.29, 0.717) is 0 Å². The van der Waals surface area contributed by atoms with Gasteiger partial charge < -0.3 is 5.32 Å². The first-order chi connectivity index (χ1) is 10.1. The minimum Gasteiger partial charge on any atom is -0.314 e. The van der Waals surface area contributed by atoms with Crippen LogP contribution < -0.4 is 5.32 Å². The fourth-order valence-corrected chi connectivity index (χ4v) is 2.88. The lowest BCUT2D eigenvalue weighted by molar-refractivity contribution is 0.519. The van der Waals surface area contributed by atoms with Gasteiger partial charge >= 0.3 is 0 Å². The molecule has 112 valence electrons. The zero-order chi connectivity index (χ0) is 15.2. The van der Waals surface area contributed by atoms with Crippen molar-refractivity contribution in [3.8, 4) is 0 Å². The summed E-state index contributed by atoms with van der Waals surface area (Å²) in [6, 6.07) is 11.5. The summed E-state index contributed by atoms with van der Waals surface area (Å²) in [6.45, 7) is 2.90. The van der Waals surface area contributed by atoms with Crippen molar-refractivity contribution in [2.24, 2.45) is 0 Å². The smallest absolute Gasteiger partial charge is 0.124 e. The average molecular weight is 354 g/mol. The SMILES string of the molecule is CCNC(Cc1ccc(F)cc1)Cc1ccc(F)cc1Br. The Kier molecular flexibility index (Phi) is 5.88.